The lowest BCUT2D eigenvalue weighted by atomic mass is 9.96. The van der Waals surface area contributed by atoms with E-state index in [0.29, 0.717) is 5.56 Å². The van der Waals surface area contributed by atoms with Gasteiger partial charge in [-0.25, -0.2) is 0 Å². The fraction of sp³-hybridized carbons (Fsp3) is 0.462. The van der Waals surface area contributed by atoms with E-state index in [4.69, 9.17) is 5.11 Å². The highest BCUT2D eigenvalue weighted by molar-refractivity contribution is 5.71. The fourth-order valence-electron chi connectivity index (χ4n) is 2.62. The van der Waals surface area contributed by atoms with Gasteiger partial charge in [0.05, 0.1) is 16.8 Å². The van der Waals surface area contributed by atoms with Crippen LogP contribution in [0, 0.1) is 22.0 Å². The van der Waals surface area contributed by atoms with Crippen molar-refractivity contribution >= 4 is 11.7 Å². The summed E-state index contributed by atoms with van der Waals surface area (Å²) < 4.78 is 38.6. The molecule has 0 aliphatic carbocycles. The SMILES string of the molecule is O=C(O)[C@@H]1CN(Cc2cccc([N+](=O)[O-])c2)C[C@H]1C(F)(F)F. The number of carboxylic acid groups (broad SMARTS) is 1. The largest absolute Gasteiger partial charge is 0.481 e. The van der Waals surface area contributed by atoms with Crippen LogP contribution in [0.15, 0.2) is 24.3 Å². The fourth-order valence-corrected chi connectivity index (χ4v) is 2.62. The lowest BCUT2D eigenvalue weighted by Gasteiger charge is -2.18. The Morgan fingerprint density at radius 2 is 2.09 bits per heavy atom. The summed E-state index contributed by atoms with van der Waals surface area (Å²) in [6, 6.07) is 5.56. The molecule has 0 unspecified atom stereocenters. The molecular weight excluding hydrogens is 305 g/mol. The molecule has 2 atom stereocenters. The van der Waals surface area contributed by atoms with Crippen LogP contribution in [0.2, 0.25) is 0 Å². The molecule has 1 aliphatic rings. The standard InChI is InChI=1S/C13H13F3N2O4/c14-13(15,16)11-7-17(6-10(11)12(19)20)5-8-2-1-3-9(4-8)18(21)22/h1-4,10-11H,5-7H2,(H,19,20)/t10-,11-/m1/s1. The molecule has 0 aromatic heterocycles. The Morgan fingerprint density at radius 1 is 1.41 bits per heavy atom. The van der Waals surface area contributed by atoms with Crippen molar-refractivity contribution in [1.29, 1.82) is 0 Å². The first-order valence-corrected chi connectivity index (χ1v) is 6.43. The van der Waals surface area contributed by atoms with Crippen molar-refractivity contribution < 1.29 is 28.0 Å². The van der Waals surface area contributed by atoms with Gasteiger partial charge in [0.15, 0.2) is 0 Å². The van der Waals surface area contributed by atoms with E-state index in [-0.39, 0.29) is 18.8 Å². The number of rotatable bonds is 4. The van der Waals surface area contributed by atoms with Gasteiger partial charge < -0.3 is 5.11 Å². The minimum atomic E-state index is -4.58. The van der Waals surface area contributed by atoms with Crippen LogP contribution in [-0.2, 0) is 11.3 Å². The van der Waals surface area contributed by atoms with E-state index in [1.54, 1.807) is 6.07 Å². The minimum Gasteiger partial charge on any atom is -0.481 e. The first-order valence-electron chi connectivity index (χ1n) is 6.43. The van der Waals surface area contributed by atoms with Gasteiger partial charge in [0.2, 0.25) is 0 Å². The molecule has 0 bridgehead atoms. The number of alkyl halides is 3. The number of likely N-dealkylation sites (tertiary alicyclic amines) is 1. The molecule has 6 nitrogen and oxygen atoms in total. The second-order valence-electron chi connectivity index (χ2n) is 5.21. The average Bonchev–Trinajstić information content (AvgIpc) is 2.83. The Kier molecular flexibility index (Phi) is 4.36. The molecule has 120 valence electrons. The Labute approximate surface area is 123 Å². The van der Waals surface area contributed by atoms with E-state index < -0.39 is 35.4 Å². The van der Waals surface area contributed by atoms with Gasteiger partial charge in [0.1, 0.15) is 0 Å². The number of benzene rings is 1. The maximum absolute atomic E-state index is 12.9. The van der Waals surface area contributed by atoms with E-state index in [9.17, 15) is 28.1 Å². The summed E-state index contributed by atoms with van der Waals surface area (Å²) in [4.78, 5) is 22.4. The van der Waals surface area contributed by atoms with E-state index in [0.717, 1.165) is 0 Å². The predicted molar refractivity (Wildman–Crippen MR) is 69.0 cm³/mol. The highest BCUT2D eigenvalue weighted by Gasteiger charge is 2.52. The van der Waals surface area contributed by atoms with Crippen molar-refractivity contribution in [1.82, 2.24) is 4.90 Å². The number of hydrogen-bond donors (Lipinski definition) is 1. The third-order valence-corrected chi connectivity index (χ3v) is 3.66. The van der Waals surface area contributed by atoms with E-state index in [1.807, 2.05) is 0 Å². The topological polar surface area (TPSA) is 83.7 Å². The number of aliphatic carboxylic acids is 1. The summed E-state index contributed by atoms with van der Waals surface area (Å²) in [5.41, 5.74) is 0.319. The van der Waals surface area contributed by atoms with Crippen molar-refractivity contribution in [3.8, 4) is 0 Å². The van der Waals surface area contributed by atoms with Crippen LogP contribution in [-0.4, -0.2) is 40.2 Å². The van der Waals surface area contributed by atoms with Crippen LogP contribution >= 0.6 is 0 Å². The van der Waals surface area contributed by atoms with Gasteiger partial charge in [-0.3, -0.25) is 19.8 Å². The first-order chi connectivity index (χ1) is 10.2. The molecule has 9 heteroatoms. The Hall–Kier alpha value is -2.16. The second kappa shape index (κ2) is 5.91. The number of halogens is 3. The highest BCUT2D eigenvalue weighted by Crippen LogP contribution is 2.38. The number of nitro benzene ring substituents is 1. The zero-order valence-corrected chi connectivity index (χ0v) is 11.3. The third kappa shape index (κ3) is 3.53. The summed E-state index contributed by atoms with van der Waals surface area (Å²) in [6.45, 7) is -0.622. The van der Waals surface area contributed by atoms with Gasteiger partial charge in [-0.1, -0.05) is 12.1 Å². The van der Waals surface area contributed by atoms with Gasteiger partial charge in [0, 0.05) is 31.8 Å². The summed E-state index contributed by atoms with van der Waals surface area (Å²) in [6.07, 6.45) is -4.58. The molecule has 1 heterocycles. The molecule has 1 aliphatic heterocycles. The molecule has 0 radical (unpaired) electrons. The summed E-state index contributed by atoms with van der Waals surface area (Å²) in [5.74, 6) is -4.92. The van der Waals surface area contributed by atoms with Crippen molar-refractivity contribution in [2.45, 2.75) is 12.7 Å². The van der Waals surface area contributed by atoms with Gasteiger partial charge in [0.25, 0.3) is 5.69 Å². The van der Waals surface area contributed by atoms with Gasteiger partial charge in [-0.05, 0) is 5.56 Å². The molecule has 1 aromatic carbocycles. The monoisotopic (exact) mass is 318 g/mol. The number of carbonyl (C=O) groups is 1. The number of carboxylic acids is 1. The average molecular weight is 318 g/mol. The van der Waals surface area contributed by atoms with Gasteiger partial charge in [-0.2, -0.15) is 13.2 Å². The summed E-state index contributed by atoms with van der Waals surface area (Å²) in [5, 5.41) is 19.6. The van der Waals surface area contributed by atoms with E-state index in [1.165, 1.54) is 23.1 Å². The number of non-ortho nitro benzene ring substituents is 1. The third-order valence-electron chi connectivity index (χ3n) is 3.66. The zero-order chi connectivity index (χ0) is 16.5. The maximum atomic E-state index is 12.9. The molecule has 22 heavy (non-hydrogen) atoms. The molecule has 0 spiro atoms. The van der Waals surface area contributed by atoms with Gasteiger partial charge >= 0.3 is 12.1 Å². The van der Waals surface area contributed by atoms with Crippen LogP contribution in [0.1, 0.15) is 5.56 Å². The van der Waals surface area contributed by atoms with Crippen LogP contribution in [0.3, 0.4) is 0 Å². The molecular formula is C13H13F3N2O4. The molecule has 0 amide bonds. The van der Waals surface area contributed by atoms with Crippen LogP contribution in [0.25, 0.3) is 0 Å². The molecule has 1 fully saturated rings. The number of nitrogens with zero attached hydrogens (tertiary/aromatic N) is 2. The van der Waals surface area contributed by atoms with Crippen molar-refractivity contribution in [3.63, 3.8) is 0 Å². The summed E-state index contributed by atoms with van der Waals surface area (Å²) in [7, 11) is 0. The molecule has 2 rings (SSSR count). The Morgan fingerprint density at radius 3 is 2.59 bits per heavy atom. The quantitative estimate of drug-likeness (QED) is 0.680. The molecule has 1 N–H and O–H groups in total. The maximum Gasteiger partial charge on any atom is 0.393 e. The normalized spacial score (nSPS) is 22.7. The Bertz CT molecular complexity index is 591. The number of nitro groups is 1. The smallest absolute Gasteiger partial charge is 0.393 e. The molecule has 0 saturated carbocycles. The van der Waals surface area contributed by atoms with Gasteiger partial charge in [-0.15, -0.1) is 0 Å². The number of hydrogen-bond acceptors (Lipinski definition) is 4. The van der Waals surface area contributed by atoms with E-state index in [2.05, 4.69) is 0 Å². The lowest BCUT2D eigenvalue weighted by Crippen LogP contribution is -2.33. The van der Waals surface area contributed by atoms with E-state index >= 15 is 0 Å². The first kappa shape index (κ1) is 16.2. The predicted octanol–water partition coefficient (Wildman–Crippen LogP) is 2.29. The highest BCUT2D eigenvalue weighted by atomic mass is 19.4. The molecule has 1 saturated heterocycles. The van der Waals surface area contributed by atoms with Crippen molar-refractivity contribution in [2.75, 3.05) is 13.1 Å². The minimum absolute atomic E-state index is 0.0397. The van der Waals surface area contributed by atoms with Crippen LogP contribution in [0.5, 0.6) is 0 Å². The van der Waals surface area contributed by atoms with Crippen LogP contribution in [0.4, 0.5) is 18.9 Å². The lowest BCUT2D eigenvalue weighted by molar-refractivity contribution is -0.384. The van der Waals surface area contributed by atoms with Crippen LogP contribution < -0.4 is 0 Å². The Balaban J connectivity index is 2.13. The second-order valence-corrected chi connectivity index (χ2v) is 5.21. The molecule has 1 aromatic rings. The summed E-state index contributed by atoms with van der Waals surface area (Å²) >= 11 is 0. The van der Waals surface area contributed by atoms with Crippen molar-refractivity contribution in [3.05, 3.63) is 39.9 Å². The zero-order valence-electron chi connectivity index (χ0n) is 11.3. The van der Waals surface area contributed by atoms with Crippen molar-refractivity contribution in [2.24, 2.45) is 11.8 Å².